The van der Waals surface area contributed by atoms with E-state index in [0.717, 1.165) is 32.1 Å². The minimum atomic E-state index is -0.841. The lowest BCUT2D eigenvalue weighted by Gasteiger charge is -2.20. The summed E-state index contributed by atoms with van der Waals surface area (Å²) in [6, 6.07) is -0.624. The second kappa shape index (κ2) is 49.2. The molecule has 0 fully saturated rings. The molecule has 0 aliphatic heterocycles. The lowest BCUT2D eigenvalue weighted by Crippen LogP contribution is -2.45. The van der Waals surface area contributed by atoms with E-state index in [1.165, 1.54) is 238 Å². The standard InChI is InChI=1S/C53H103NO3/c1-3-5-7-9-11-13-15-17-19-20-21-22-23-24-25-26-27-28-29-30-31-32-33-34-35-36-38-40-42-44-46-48-52(56)51(50-55)54-53(57)49-47-45-43-41-39-37-18-16-14-12-10-8-6-4-2/h16,18,46,48,51-52,55-56H,3-15,17,19-45,47,49-50H2,1-2H3,(H,54,57)/b18-16-,48-46+. The Kier molecular flexibility index (Phi) is 48.3. The summed E-state index contributed by atoms with van der Waals surface area (Å²) in [6.45, 7) is 4.32. The number of hydrogen-bond donors (Lipinski definition) is 3. The third-order valence-corrected chi connectivity index (χ3v) is 12.2. The van der Waals surface area contributed by atoms with E-state index in [0.29, 0.717) is 6.42 Å². The van der Waals surface area contributed by atoms with Crippen LogP contribution < -0.4 is 5.32 Å². The van der Waals surface area contributed by atoms with Crippen LogP contribution in [0.5, 0.6) is 0 Å². The molecule has 0 radical (unpaired) electrons. The summed E-state index contributed by atoms with van der Waals surface area (Å²) >= 11 is 0. The number of carbonyl (C=O) groups excluding carboxylic acids is 1. The van der Waals surface area contributed by atoms with Gasteiger partial charge in [0, 0.05) is 6.42 Å². The Bertz CT molecular complexity index is 825. The summed E-state index contributed by atoms with van der Waals surface area (Å²) in [4.78, 5) is 12.4. The van der Waals surface area contributed by atoms with E-state index in [2.05, 4.69) is 31.3 Å². The first-order valence-electron chi connectivity index (χ1n) is 26.1. The van der Waals surface area contributed by atoms with E-state index in [-0.39, 0.29) is 12.5 Å². The van der Waals surface area contributed by atoms with Crippen LogP contribution in [0.4, 0.5) is 0 Å². The molecule has 0 saturated heterocycles. The SMILES string of the molecule is CCCCCCC/C=C\CCCCCCCC(=O)NC(CO)C(O)/C=C/CCCCCCCCCCCCCCCCCCCCCCCCCCCCCCC. The topological polar surface area (TPSA) is 69.6 Å². The summed E-state index contributed by atoms with van der Waals surface area (Å²) in [5.41, 5.74) is 0. The first-order valence-corrected chi connectivity index (χ1v) is 26.1. The maximum Gasteiger partial charge on any atom is 0.220 e. The molecule has 0 aliphatic rings. The Morgan fingerprint density at radius 1 is 0.404 bits per heavy atom. The molecule has 2 unspecified atom stereocenters. The minimum Gasteiger partial charge on any atom is -0.394 e. The van der Waals surface area contributed by atoms with Crippen LogP contribution in [-0.2, 0) is 4.79 Å². The minimum absolute atomic E-state index is 0.0701. The third kappa shape index (κ3) is 45.8. The second-order valence-electron chi connectivity index (χ2n) is 17.9. The second-order valence-corrected chi connectivity index (χ2v) is 17.9. The van der Waals surface area contributed by atoms with Gasteiger partial charge in [0.05, 0.1) is 18.8 Å². The molecule has 4 nitrogen and oxygen atoms in total. The molecule has 0 saturated carbocycles. The maximum absolute atomic E-state index is 12.4. The zero-order valence-corrected chi connectivity index (χ0v) is 38.9. The fourth-order valence-electron chi connectivity index (χ4n) is 8.18. The van der Waals surface area contributed by atoms with Gasteiger partial charge in [0.1, 0.15) is 0 Å². The molecule has 0 aliphatic carbocycles. The Morgan fingerprint density at radius 3 is 0.965 bits per heavy atom. The number of hydrogen-bond acceptors (Lipinski definition) is 3. The van der Waals surface area contributed by atoms with Gasteiger partial charge in [-0.25, -0.2) is 0 Å². The van der Waals surface area contributed by atoms with Crippen LogP contribution in [0, 0.1) is 0 Å². The van der Waals surface area contributed by atoms with E-state index >= 15 is 0 Å². The number of carbonyl (C=O) groups is 1. The van der Waals surface area contributed by atoms with Gasteiger partial charge < -0.3 is 15.5 Å². The Morgan fingerprint density at radius 2 is 0.667 bits per heavy atom. The first-order chi connectivity index (χ1) is 28.2. The molecular weight excluding hydrogens is 699 g/mol. The van der Waals surface area contributed by atoms with Crippen molar-refractivity contribution in [3.05, 3.63) is 24.3 Å². The number of rotatable bonds is 48. The lowest BCUT2D eigenvalue weighted by molar-refractivity contribution is -0.123. The maximum atomic E-state index is 12.4. The van der Waals surface area contributed by atoms with Crippen molar-refractivity contribution in [2.75, 3.05) is 6.61 Å². The molecule has 0 heterocycles. The molecule has 0 aromatic carbocycles. The summed E-state index contributed by atoms with van der Waals surface area (Å²) in [5.74, 6) is -0.0701. The lowest BCUT2D eigenvalue weighted by atomic mass is 10.0. The van der Waals surface area contributed by atoms with Crippen LogP contribution in [0.1, 0.15) is 290 Å². The van der Waals surface area contributed by atoms with Crippen LogP contribution in [0.2, 0.25) is 0 Å². The fraction of sp³-hybridized carbons (Fsp3) is 0.906. The van der Waals surface area contributed by atoms with Crippen LogP contribution in [0.25, 0.3) is 0 Å². The van der Waals surface area contributed by atoms with Crippen LogP contribution in [0.15, 0.2) is 24.3 Å². The van der Waals surface area contributed by atoms with Crippen LogP contribution in [0.3, 0.4) is 0 Å². The van der Waals surface area contributed by atoms with Gasteiger partial charge in [-0.2, -0.15) is 0 Å². The van der Waals surface area contributed by atoms with Gasteiger partial charge >= 0.3 is 0 Å². The smallest absolute Gasteiger partial charge is 0.220 e. The first kappa shape index (κ1) is 55.9. The molecular formula is C53H103NO3. The van der Waals surface area contributed by atoms with Crippen LogP contribution >= 0.6 is 0 Å². The molecule has 0 bridgehead atoms. The zero-order valence-electron chi connectivity index (χ0n) is 38.9. The largest absolute Gasteiger partial charge is 0.394 e. The Hall–Kier alpha value is -1.13. The fourth-order valence-corrected chi connectivity index (χ4v) is 8.18. The molecule has 3 N–H and O–H groups in total. The number of nitrogens with one attached hydrogen (secondary N) is 1. The number of unbranched alkanes of at least 4 members (excludes halogenated alkanes) is 39. The summed E-state index contributed by atoms with van der Waals surface area (Å²) < 4.78 is 0. The summed E-state index contributed by atoms with van der Waals surface area (Å²) in [5, 5.41) is 23.1. The number of allylic oxidation sites excluding steroid dienone is 3. The summed E-state index contributed by atoms with van der Waals surface area (Å²) in [7, 11) is 0. The molecule has 338 valence electrons. The predicted molar refractivity (Wildman–Crippen MR) is 253 cm³/mol. The van der Waals surface area contributed by atoms with Gasteiger partial charge in [-0.1, -0.05) is 263 Å². The van der Waals surface area contributed by atoms with Gasteiger partial charge in [0.25, 0.3) is 0 Å². The van der Waals surface area contributed by atoms with Crippen molar-refractivity contribution in [1.82, 2.24) is 5.32 Å². The van der Waals surface area contributed by atoms with Crippen molar-refractivity contribution < 1.29 is 15.0 Å². The molecule has 0 aromatic heterocycles. The van der Waals surface area contributed by atoms with Crippen molar-refractivity contribution in [2.24, 2.45) is 0 Å². The number of amides is 1. The Labute approximate surface area is 358 Å². The third-order valence-electron chi connectivity index (χ3n) is 12.2. The zero-order chi connectivity index (χ0) is 41.4. The molecule has 0 rings (SSSR count). The molecule has 57 heavy (non-hydrogen) atoms. The monoisotopic (exact) mass is 802 g/mol. The predicted octanol–water partition coefficient (Wildman–Crippen LogP) is 16.8. The van der Waals surface area contributed by atoms with Gasteiger partial charge in [-0.05, 0) is 44.9 Å². The average Bonchev–Trinajstić information content (AvgIpc) is 3.22. The van der Waals surface area contributed by atoms with Crippen molar-refractivity contribution in [1.29, 1.82) is 0 Å². The van der Waals surface area contributed by atoms with E-state index in [4.69, 9.17) is 0 Å². The van der Waals surface area contributed by atoms with Crippen molar-refractivity contribution >= 4 is 5.91 Å². The molecule has 2 atom stereocenters. The van der Waals surface area contributed by atoms with E-state index in [9.17, 15) is 15.0 Å². The van der Waals surface area contributed by atoms with Gasteiger partial charge in [-0.15, -0.1) is 0 Å². The highest BCUT2D eigenvalue weighted by Crippen LogP contribution is 2.17. The van der Waals surface area contributed by atoms with Gasteiger partial charge in [-0.3, -0.25) is 4.79 Å². The quantitative estimate of drug-likeness (QED) is 0.0424. The highest BCUT2D eigenvalue weighted by molar-refractivity contribution is 5.76. The molecule has 0 spiro atoms. The highest BCUT2D eigenvalue weighted by atomic mass is 16.3. The molecule has 1 amide bonds. The number of aliphatic hydroxyl groups excluding tert-OH is 2. The number of aliphatic hydroxyl groups is 2. The molecule has 4 heteroatoms. The van der Waals surface area contributed by atoms with E-state index < -0.39 is 12.1 Å². The van der Waals surface area contributed by atoms with Crippen molar-refractivity contribution in [3.63, 3.8) is 0 Å². The van der Waals surface area contributed by atoms with E-state index in [1.54, 1.807) is 6.08 Å². The Balaban J connectivity index is 3.44. The summed E-state index contributed by atoms with van der Waals surface area (Å²) in [6.07, 6.45) is 64.8. The van der Waals surface area contributed by atoms with Crippen molar-refractivity contribution in [3.8, 4) is 0 Å². The molecule has 0 aromatic rings. The van der Waals surface area contributed by atoms with Crippen molar-refractivity contribution in [2.45, 2.75) is 302 Å². The van der Waals surface area contributed by atoms with Gasteiger partial charge in [0.2, 0.25) is 5.91 Å². The normalized spacial score (nSPS) is 13.0. The van der Waals surface area contributed by atoms with E-state index in [1.807, 2.05) is 6.08 Å². The highest BCUT2D eigenvalue weighted by Gasteiger charge is 2.18. The van der Waals surface area contributed by atoms with Gasteiger partial charge in [0.15, 0.2) is 0 Å². The average molecular weight is 802 g/mol. The van der Waals surface area contributed by atoms with Crippen LogP contribution in [-0.4, -0.2) is 34.9 Å².